The summed E-state index contributed by atoms with van der Waals surface area (Å²) in [4.78, 5) is 0. The molecule has 2 nitrogen and oxygen atoms in total. The Morgan fingerprint density at radius 2 is 1.72 bits per heavy atom. The summed E-state index contributed by atoms with van der Waals surface area (Å²) in [5, 5.41) is 0. The van der Waals surface area contributed by atoms with Crippen LogP contribution in [0, 0.1) is 0 Å². The smallest absolute Gasteiger partial charge is 0.174 e. The molecule has 0 unspecified atom stereocenters. The number of hydrogen-bond donors (Lipinski definition) is 0. The summed E-state index contributed by atoms with van der Waals surface area (Å²) in [6, 6.07) is 2.87. The molecule has 2 aliphatic rings. The maximum absolute atomic E-state index is 6.28. The van der Waals surface area contributed by atoms with Crippen LogP contribution in [0.15, 0.2) is 0 Å². The standard InChI is InChI=1S/C9H22OSi2.C4H10OSi/c1-9(2)7-8-11(3,4)12(5,6)10-9;1-2-4-6-5-3-1/h7-8H2,1-6H3;1-4,6H2. The van der Waals surface area contributed by atoms with Gasteiger partial charge in [-0.05, 0) is 45.8 Å². The van der Waals surface area contributed by atoms with Crippen LogP contribution in [0.2, 0.25) is 38.3 Å². The fourth-order valence-electron chi connectivity index (χ4n) is 2.48. The minimum atomic E-state index is -1.31. The minimum absolute atomic E-state index is 0.00849. The SMILES string of the molecule is C1CC[SiH2]OC1.CC1(C)CC[Si](C)(C)[Si](C)(C)O1. The first kappa shape index (κ1) is 16.6. The average molecular weight is 305 g/mol. The van der Waals surface area contributed by atoms with E-state index < -0.39 is 15.4 Å². The summed E-state index contributed by atoms with van der Waals surface area (Å²) < 4.78 is 11.5. The highest BCUT2D eigenvalue weighted by molar-refractivity contribution is 7.38. The van der Waals surface area contributed by atoms with Crippen LogP contribution >= 0.6 is 0 Å². The number of hydrogen-bond acceptors (Lipinski definition) is 2. The summed E-state index contributed by atoms with van der Waals surface area (Å²) in [6.45, 7) is 15.3. The molecule has 0 atom stereocenters. The molecule has 108 valence electrons. The first-order chi connectivity index (χ1) is 8.16. The van der Waals surface area contributed by atoms with Crippen molar-refractivity contribution < 1.29 is 8.85 Å². The van der Waals surface area contributed by atoms with Gasteiger partial charge < -0.3 is 8.85 Å². The molecule has 0 N–H and O–H groups in total. The highest BCUT2D eigenvalue weighted by atomic mass is 29.3. The molecule has 0 saturated carbocycles. The van der Waals surface area contributed by atoms with E-state index in [0.29, 0.717) is 0 Å². The second kappa shape index (κ2) is 6.35. The molecule has 0 aliphatic carbocycles. The average Bonchev–Trinajstić information content (AvgIpc) is 2.27. The summed E-state index contributed by atoms with van der Waals surface area (Å²) in [5.41, 5.74) is 0.165. The summed E-state index contributed by atoms with van der Waals surface area (Å²) >= 11 is 0. The zero-order valence-electron chi connectivity index (χ0n) is 13.3. The quantitative estimate of drug-likeness (QED) is 0.638. The van der Waals surface area contributed by atoms with Crippen molar-refractivity contribution in [1.82, 2.24) is 0 Å². The molecular formula is C13H32O2Si3. The van der Waals surface area contributed by atoms with Crippen molar-refractivity contribution in [2.75, 3.05) is 6.61 Å². The lowest BCUT2D eigenvalue weighted by atomic mass is 10.1. The third-order valence-electron chi connectivity index (χ3n) is 4.59. The van der Waals surface area contributed by atoms with Gasteiger partial charge in [0.25, 0.3) is 0 Å². The van der Waals surface area contributed by atoms with E-state index in [4.69, 9.17) is 8.85 Å². The Balaban J connectivity index is 0.000000225. The lowest BCUT2D eigenvalue weighted by molar-refractivity contribution is 0.0933. The van der Waals surface area contributed by atoms with Gasteiger partial charge in [0.15, 0.2) is 17.6 Å². The molecule has 0 spiro atoms. The maximum atomic E-state index is 6.28. The fraction of sp³-hybridized carbons (Fsp3) is 1.00. The van der Waals surface area contributed by atoms with Gasteiger partial charge in [-0.15, -0.1) is 0 Å². The molecule has 2 aliphatic heterocycles. The second-order valence-electron chi connectivity index (χ2n) is 7.43. The summed E-state index contributed by atoms with van der Waals surface area (Å²) in [5.74, 6) is 0. The van der Waals surface area contributed by atoms with Crippen LogP contribution in [0.5, 0.6) is 0 Å². The molecule has 0 aromatic rings. The lowest BCUT2D eigenvalue weighted by Crippen LogP contribution is -2.63. The molecule has 2 saturated heterocycles. The Kier molecular flexibility index (Phi) is 5.86. The highest BCUT2D eigenvalue weighted by Crippen LogP contribution is 2.38. The molecule has 0 radical (unpaired) electrons. The third-order valence-corrected chi connectivity index (χ3v) is 22.6. The van der Waals surface area contributed by atoms with E-state index in [9.17, 15) is 0 Å². The van der Waals surface area contributed by atoms with Crippen LogP contribution in [-0.2, 0) is 8.85 Å². The van der Waals surface area contributed by atoms with Crippen molar-refractivity contribution in [1.29, 1.82) is 0 Å². The fourth-order valence-corrected chi connectivity index (χ4v) is 11.1. The van der Waals surface area contributed by atoms with Crippen LogP contribution in [-0.4, -0.2) is 37.4 Å². The Morgan fingerprint density at radius 1 is 1.06 bits per heavy atom. The van der Waals surface area contributed by atoms with Crippen molar-refractivity contribution in [3.05, 3.63) is 0 Å². The first-order valence-corrected chi connectivity index (χ1v) is 16.1. The van der Waals surface area contributed by atoms with Gasteiger partial charge in [-0.25, -0.2) is 0 Å². The monoisotopic (exact) mass is 304 g/mol. The minimum Gasteiger partial charge on any atom is -0.424 e. The Hall–Kier alpha value is 0.571. The van der Waals surface area contributed by atoms with Crippen molar-refractivity contribution in [3.8, 4) is 0 Å². The largest absolute Gasteiger partial charge is 0.424 e. The van der Waals surface area contributed by atoms with Crippen LogP contribution in [0.25, 0.3) is 0 Å². The number of rotatable bonds is 0. The van der Waals surface area contributed by atoms with E-state index in [0.717, 1.165) is 6.61 Å². The van der Waals surface area contributed by atoms with E-state index in [1.54, 1.807) is 0 Å². The van der Waals surface area contributed by atoms with Gasteiger partial charge in [0.1, 0.15) is 0 Å². The zero-order chi connectivity index (χ0) is 13.9. The molecule has 0 amide bonds. The molecule has 2 rings (SSSR count). The van der Waals surface area contributed by atoms with Crippen LogP contribution in [0.3, 0.4) is 0 Å². The van der Waals surface area contributed by atoms with Crippen LogP contribution in [0.1, 0.15) is 33.1 Å². The van der Waals surface area contributed by atoms with E-state index in [-0.39, 0.29) is 15.4 Å². The molecular weight excluding hydrogens is 272 g/mol. The Labute approximate surface area is 118 Å². The van der Waals surface area contributed by atoms with Gasteiger partial charge in [-0.3, -0.25) is 0 Å². The predicted molar refractivity (Wildman–Crippen MR) is 88.1 cm³/mol. The van der Waals surface area contributed by atoms with E-state index in [1.807, 2.05) is 0 Å². The van der Waals surface area contributed by atoms with Crippen molar-refractivity contribution >= 4 is 25.2 Å². The predicted octanol–water partition coefficient (Wildman–Crippen LogP) is 3.48. The Morgan fingerprint density at radius 3 is 2.00 bits per heavy atom. The van der Waals surface area contributed by atoms with E-state index >= 15 is 0 Å². The highest BCUT2D eigenvalue weighted by Gasteiger charge is 2.49. The molecule has 0 aromatic heterocycles. The summed E-state index contributed by atoms with van der Waals surface area (Å²) in [7, 11) is -2.30. The van der Waals surface area contributed by atoms with E-state index in [2.05, 4.69) is 40.0 Å². The maximum Gasteiger partial charge on any atom is 0.174 e. The first-order valence-electron chi connectivity index (χ1n) is 7.44. The van der Waals surface area contributed by atoms with Gasteiger partial charge in [0, 0.05) is 6.61 Å². The lowest BCUT2D eigenvalue weighted by Gasteiger charge is -2.49. The molecule has 2 heterocycles. The molecule has 18 heavy (non-hydrogen) atoms. The zero-order valence-corrected chi connectivity index (χ0v) is 16.7. The van der Waals surface area contributed by atoms with Gasteiger partial charge in [0.2, 0.25) is 0 Å². The van der Waals surface area contributed by atoms with Crippen molar-refractivity contribution in [2.45, 2.75) is 77.0 Å². The summed E-state index contributed by atoms with van der Waals surface area (Å²) in [6.07, 6.45) is 4.02. The van der Waals surface area contributed by atoms with Crippen LogP contribution < -0.4 is 0 Å². The van der Waals surface area contributed by atoms with Gasteiger partial charge in [-0.1, -0.05) is 25.6 Å². The molecule has 5 heteroatoms. The molecule has 0 bridgehead atoms. The molecule has 2 fully saturated rings. The third kappa shape index (κ3) is 4.92. The van der Waals surface area contributed by atoms with Gasteiger partial charge in [0.05, 0.1) is 13.2 Å². The van der Waals surface area contributed by atoms with Gasteiger partial charge in [-0.2, -0.15) is 0 Å². The van der Waals surface area contributed by atoms with Crippen molar-refractivity contribution in [3.63, 3.8) is 0 Å². The normalized spacial score (nSPS) is 30.3. The van der Waals surface area contributed by atoms with Gasteiger partial charge >= 0.3 is 0 Å². The van der Waals surface area contributed by atoms with Crippen LogP contribution in [0.4, 0.5) is 0 Å². The topological polar surface area (TPSA) is 18.5 Å². The van der Waals surface area contributed by atoms with Crippen molar-refractivity contribution in [2.24, 2.45) is 0 Å². The molecule has 0 aromatic carbocycles. The van der Waals surface area contributed by atoms with E-state index in [1.165, 1.54) is 31.4 Å². The Bertz CT molecular complexity index is 249. The second-order valence-corrected chi connectivity index (χ2v) is 24.1.